The minimum Gasteiger partial charge on any atom is -0.479 e. The van der Waals surface area contributed by atoms with E-state index in [-0.39, 0.29) is 6.10 Å². The van der Waals surface area contributed by atoms with Crippen LogP contribution >= 0.6 is 0 Å². The van der Waals surface area contributed by atoms with Crippen LogP contribution in [0.2, 0.25) is 0 Å². The fraction of sp³-hybridized carbons (Fsp3) is 0.929. The quantitative estimate of drug-likeness (QED) is 0.701. The molecular formula is C14H27NO3. The second-order valence-electron chi connectivity index (χ2n) is 5.18. The van der Waals surface area contributed by atoms with Crippen molar-refractivity contribution in [3.8, 4) is 0 Å². The van der Waals surface area contributed by atoms with Crippen molar-refractivity contribution in [2.45, 2.75) is 77.0 Å². The van der Waals surface area contributed by atoms with E-state index < -0.39 is 12.1 Å². The topological polar surface area (TPSA) is 58.6 Å². The number of carboxylic acid groups (broad SMARTS) is 1. The molecule has 1 fully saturated rings. The molecule has 0 saturated heterocycles. The zero-order valence-electron chi connectivity index (χ0n) is 11.7. The van der Waals surface area contributed by atoms with Crippen molar-refractivity contribution >= 4 is 5.97 Å². The van der Waals surface area contributed by atoms with Crippen LogP contribution in [0, 0.1) is 0 Å². The van der Waals surface area contributed by atoms with Gasteiger partial charge in [0.15, 0.2) is 6.10 Å². The van der Waals surface area contributed by atoms with E-state index in [1.165, 1.54) is 0 Å². The zero-order chi connectivity index (χ0) is 13.4. The molecule has 4 heteroatoms. The summed E-state index contributed by atoms with van der Waals surface area (Å²) in [5.41, 5.74) is 0. The molecule has 1 aliphatic carbocycles. The van der Waals surface area contributed by atoms with Gasteiger partial charge in [-0.15, -0.1) is 0 Å². The van der Waals surface area contributed by atoms with Crippen LogP contribution in [0.5, 0.6) is 0 Å². The van der Waals surface area contributed by atoms with E-state index in [1.807, 2.05) is 6.92 Å². The van der Waals surface area contributed by atoms with Gasteiger partial charge >= 0.3 is 5.97 Å². The second kappa shape index (κ2) is 8.48. The molecule has 0 aromatic heterocycles. The van der Waals surface area contributed by atoms with Crippen molar-refractivity contribution in [2.75, 3.05) is 6.54 Å². The lowest BCUT2D eigenvalue weighted by Gasteiger charge is -2.30. The Morgan fingerprint density at radius 1 is 1.28 bits per heavy atom. The maximum absolute atomic E-state index is 11.0. The maximum Gasteiger partial charge on any atom is 0.332 e. The molecule has 0 aromatic carbocycles. The van der Waals surface area contributed by atoms with Crippen molar-refractivity contribution in [1.29, 1.82) is 0 Å². The van der Waals surface area contributed by atoms with Crippen LogP contribution in [0.3, 0.4) is 0 Å². The van der Waals surface area contributed by atoms with E-state index in [0.717, 1.165) is 45.1 Å². The van der Waals surface area contributed by atoms with Crippen LogP contribution in [0.15, 0.2) is 0 Å². The molecule has 1 aliphatic rings. The number of aliphatic carboxylic acids is 1. The fourth-order valence-electron chi connectivity index (χ4n) is 2.50. The number of nitrogens with one attached hydrogen (secondary N) is 1. The predicted molar refractivity (Wildman–Crippen MR) is 71.8 cm³/mol. The molecule has 0 radical (unpaired) electrons. The van der Waals surface area contributed by atoms with Crippen molar-refractivity contribution in [3.05, 3.63) is 0 Å². The highest BCUT2D eigenvalue weighted by molar-refractivity contribution is 5.72. The van der Waals surface area contributed by atoms with Crippen LogP contribution in [0.1, 0.15) is 58.8 Å². The number of rotatable bonds is 8. The minimum absolute atomic E-state index is 0.136. The Balaban J connectivity index is 2.27. The van der Waals surface area contributed by atoms with Gasteiger partial charge in [0.25, 0.3) is 0 Å². The zero-order valence-corrected chi connectivity index (χ0v) is 11.7. The van der Waals surface area contributed by atoms with Crippen LogP contribution in [0.25, 0.3) is 0 Å². The molecule has 0 spiro atoms. The molecule has 1 saturated carbocycles. The average Bonchev–Trinajstić information content (AvgIpc) is 2.37. The first kappa shape index (κ1) is 15.4. The van der Waals surface area contributed by atoms with Crippen LogP contribution in [-0.2, 0) is 9.53 Å². The third-order valence-electron chi connectivity index (χ3n) is 3.54. The molecule has 1 unspecified atom stereocenters. The molecule has 0 aromatic rings. The Bertz CT molecular complexity index is 237. The summed E-state index contributed by atoms with van der Waals surface area (Å²) in [5, 5.41) is 12.6. The fourth-order valence-corrected chi connectivity index (χ4v) is 2.50. The van der Waals surface area contributed by atoms with Gasteiger partial charge in [-0.2, -0.15) is 0 Å². The van der Waals surface area contributed by atoms with Gasteiger partial charge < -0.3 is 15.2 Å². The number of hydrogen-bond donors (Lipinski definition) is 2. The molecule has 2 N–H and O–H groups in total. The smallest absolute Gasteiger partial charge is 0.332 e. The van der Waals surface area contributed by atoms with E-state index in [4.69, 9.17) is 9.84 Å². The highest BCUT2D eigenvalue weighted by Gasteiger charge is 2.26. The molecule has 0 amide bonds. The van der Waals surface area contributed by atoms with Gasteiger partial charge in [-0.1, -0.05) is 20.3 Å². The van der Waals surface area contributed by atoms with Gasteiger partial charge in [0, 0.05) is 6.04 Å². The van der Waals surface area contributed by atoms with Crippen molar-refractivity contribution in [2.24, 2.45) is 0 Å². The van der Waals surface area contributed by atoms with E-state index in [9.17, 15) is 4.79 Å². The third kappa shape index (κ3) is 5.36. The minimum atomic E-state index is -0.817. The lowest BCUT2D eigenvalue weighted by molar-refractivity contribution is -0.156. The Morgan fingerprint density at radius 3 is 2.44 bits per heavy atom. The largest absolute Gasteiger partial charge is 0.479 e. The summed E-state index contributed by atoms with van der Waals surface area (Å²) in [6.07, 6.45) is 6.31. The predicted octanol–water partition coefficient (Wildman–Crippen LogP) is 2.57. The van der Waals surface area contributed by atoms with Gasteiger partial charge in [0.1, 0.15) is 0 Å². The first-order chi connectivity index (χ1) is 8.67. The summed E-state index contributed by atoms with van der Waals surface area (Å²) < 4.78 is 5.72. The van der Waals surface area contributed by atoms with E-state index in [2.05, 4.69) is 12.2 Å². The lowest BCUT2D eigenvalue weighted by atomic mass is 9.92. The monoisotopic (exact) mass is 257 g/mol. The number of carboxylic acids is 1. The summed E-state index contributed by atoms with van der Waals surface area (Å²) >= 11 is 0. The Morgan fingerprint density at radius 2 is 1.94 bits per heavy atom. The summed E-state index contributed by atoms with van der Waals surface area (Å²) in [5.74, 6) is -0.817. The van der Waals surface area contributed by atoms with Crippen LogP contribution in [-0.4, -0.2) is 35.9 Å². The normalized spacial score (nSPS) is 25.9. The summed E-state index contributed by atoms with van der Waals surface area (Å²) in [4.78, 5) is 11.0. The molecule has 4 nitrogen and oxygen atoms in total. The molecule has 1 atom stereocenters. The summed E-state index contributed by atoms with van der Waals surface area (Å²) in [6.45, 7) is 5.23. The number of hydrogen-bond acceptors (Lipinski definition) is 3. The molecule has 0 aliphatic heterocycles. The Hall–Kier alpha value is -0.610. The lowest BCUT2D eigenvalue weighted by Crippen LogP contribution is -2.38. The standard InChI is InChI=1S/C14H27NO3/c1-3-5-13(14(16)17)18-12-8-6-11(7-9-12)15-10-4-2/h11-13,15H,3-10H2,1-2H3,(H,16,17). The highest BCUT2D eigenvalue weighted by Crippen LogP contribution is 2.23. The summed E-state index contributed by atoms with van der Waals surface area (Å²) in [7, 11) is 0. The van der Waals surface area contributed by atoms with Gasteiger partial charge in [0.2, 0.25) is 0 Å². The van der Waals surface area contributed by atoms with Crippen LogP contribution < -0.4 is 5.32 Å². The van der Waals surface area contributed by atoms with Crippen molar-refractivity contribution in [1.82, 2.24) is 5.32 Å². The second-order valence-corrected chi connectivity index (χ2v) is 5.18. The van der Waals surface area contributed by atoms with Crippen molar-refractivity contribution in [3.63, 3.8) is 0 Å². The van der Waals surface area contributed by atoms with Gasteiger partial charge in [0.05, 0.1) is 6.10 Å². The van der Waals surface area contributed by atoms with E-state index in [1.54, 1.807) is 0 Å². The average molecular weight is 257 g/mol. The molecule has 1 rings (SSSR count). The first-order valence-electron chi connectivity index (χ1n) is 7.29. The highest BCUT2D eigenvalue weighted by atomic mass is 16.5. The van der Waals surface area contributed by atoms with Crippen molar-refractivity contribution < 1.29 is 14.6 Å². The molecule has 0 heterocycles. The third-order valence-corrected chi connectivity index (χ3v) is 3.54. The number of carbonyl (C=O) groups is 1. The van der Waals surface area contributed by atoms with E-state index in [0.29, 0.717) is 12.5 Å². The van der Waals surface area contributed by atoms with Gasteiger partial charge in [-0.25, -0.2) is 4.79 Å². The molecule has 0 bridgehead atoms. The SMILES string of the molecule is CCCNC1CCC(OC(CCC)C(=O)O)CC1. The van der Waals surface area contributed by atoms with Crippen LogP contribution in [0.4, 0.5) is 0 Å². The maximum atomic E-state index is 11.0. The Labute approximate surface area is 110 Å². The first-order valence-corrected chi connectivity index (χ1v) is 7.29. The Kier molecular flexibility index (Phi) is 7.28. The molecule has 106 valence electrons. The van der Waals surface area contributed by atoms with Gasteiger partial charge in [-0.05, 0) is 45.1 Å². The number of ether oxygens (including phenoxy) is 1. The van der Waals surface area contributed by atoms with Gasteiger partial charge in [-0.3, -0.25) is 0 Å². The van der Waals surface area contributed by atoms with E-state index >= 15 is 0 Å². The molecular weight excluding hydrogens is 230 g/mol. The summed E-state index contributed by atoms with van der Waals surface area (Å²) in [6, 6.07) is 0.597. The molecule has 18 heavy (non-hydrogen) atoms.